The van der Waals surface area contributed by atoms with Crippen molar-refractivity contribution in [1.82, 2.24) is 0 Å². The van der Waals surface area contributed by atoms with Gasteiger partial charge in [0, 0.05) is 0 Å². The molecule has 0 aromatic heterocycles. The summed E-state index contributed by atoms with van der Waals surface area (Å²) in [7, 11) is 0. The molecule has 0 aromatic rings. The topological polar surface area (TPSA) is 26.0 Å². The molecule has 0 radical (unpaired) electrons. The van der Waals surface area contributed by atoms with E-state index in [1.54, 1.807) is 0 Å². The van der Waals surface area contributed by atoms with Crippen LogP contribution in [0.15, 0.2) is 23.3 Å². The first-order chi connectivity index (χ1) is 5.79. The fraction of sp³-hybridized carbons (Fsp3) is 0.636. The van der Waals surface area contributed by atoms with Crippen LogP contribution in [0.5, 0.6) is 0 Å². The molecule has 2 N–H and O–H groups in total. The Morgan fingerprint density at radius 2 is 2.33 bits per heavy atom. The van der Waals surface area contributed by atoms with Gasteiger partial charge in [-0.3, -0.25) is 0 Å². The molecule has 12 heavy (non-hydrogen) atoms. The van der Waals surface area contributed by atoms with E-state index in [2.05, 4.69) is 26.0 Å². The van der Waals surface area contributed by atoms with Crippen molar-refractivity contribution in [3.05, 3.63) is 23.3 Å². The highest BCUT2D eigenvalue weighted by atomic mass is 14.5. The maximum Gasteiger partial charge on any atom is -0.00114 e. The highest BCUT2D eigenvalue weighted by molar-refractivity contribution is 5.28. The van der Waals surface area contributed by atoms with Crippen molar-refractivity contribution in [3.8, 4) is 0 Å². The lowest BCUT2D eigenvalue weighted by atomic mass is 9.83. The van der Waals surface area contributed by atoms with Crippen molar-refractivity contribution in [2.45, 2.75) is 33.1 Å². The molecule has 0 aromatic carbocycles. The average molecular weight is 165 g/mol. The Hall–Kier alpha value is -0.560. The van der Waals surface area contributed by atoms with E-state index >= 15 is 0 Å². The van der Waals surface area contributed by atoms with Gasteiger partial charge in [-0.2, -0.15) is 0 Å². The lowest BCUT2D eigenvalue weighted by Crippen LogP contribution is -2.19. The van der Waals surface area contributed by atoms with Gasteiger partial charge in [0.25, 0.3) is 0 Å². The molecule has 0 saturated heterocycles. The number of hydrogen-bond acceptors (Lipinski definition) is 1. The van der Waals surface area contributed by atoms with Gasteiger partial charge in [-0.1, -0.05) is 17.7 Å². The van der Waals surface area contributed by atoms with Crippen molar-refractivity contribution in [2.75, 3.05) is 6.54 Å². The summed E-state index contributed by atoms with van der Waals surface area (Å²) in [4.78, 5) is 0. The second-order valence-corrected chi connectivity index (χ2v) is 3.53. The summed E-state index contributed by atoms with van der Waals surface area (Å²) in [5.74, 6) is 0.643. The highest BCUT2D eigenvalue weighted by Gasteiger charge is 2.16. The first kappa shape index (κ1) is 9.53. The SMILES string of the molecule is C/C=C\C1=C(C)C(CN)CCC1. The molecule has 0 aliphatic heterocycles. The molecule has 0 saturated carbocycles. The summed E-state index contributed by atoms with van der Waals surface area (Å²) in [6.45, 7) is 5.12. The van der Waals surface area contributed by atoms with Gasteiger partial charge in [0.05, 0.1) is 0 Å². The van der Waals surface area contributed by atoms with E-state index in [0.29, 0.717) is 5.92 Å². The number of nitrogens with two attached hydrogens (primary N) is 1. The Morgan fingerprint density at radius 1 is 1.58 bits per heavy atom. The van der Waals surface area contributed by atoms with Crippen LogP contribution in [0.4, 0.5) is 0 Å². The van der Waals surface area contributed by atoms with E-state index in [1.165, 1.54) is 30.4 Å². The van der Waals surface area contributed by atoms with Crippen LogP contribution in [0.1, 0.15) is 33.1 Å². The predicted octanol–water partition coefficient (Wildman–Crippen LogP) is 2.64. The third-order valence-electron chi connectivity index (χ3n) is 2.77. The van der Waals surface area contributed by atoms with Gasteiger partial charge in [0.15, 0.2) is 0 Å². The molecule has 0 bridgehead atoms. The van der Waals surface area contributed by atoms with E-state index in [1.807, 2.05) is 0 Å². The summed E-state index contributed by atoms with van der Waals surface area (Å²) < 4.78 is 0. The third-order valence-corrected chi connectivity index (χ3v) is 2.77. The average Bonchev–Trinajstić information content (AvgIpc) is 2.09. The number of rotatable bonds is 2. The summed E-state index contributed by atoms with van der Waals surface area (Å²) in [6.07, 6.45) is 8.18. The smallest absolute Gasteiger partial charge is 0.00114 e. The van der Waals surface area contributed by atoms with Crippen LogP contribution in [0, 0.1) is 5.92 Å². The van der Waals surface area contributed by atoms with Gasteiger partial charge in [0.1, 0.15) is 0 Å². The molecular weight excluding hydrogens is 146 g/mol. The zero-order chi connectivity index (χ0) is 8.97. The van der Waals surface area contributed by atoms with Crippen molar-refractivity contribution in [2.24, 2.45) is 11.7 Å². The van der Waals surface area contributed by atoms with Crippen molar-refractivity contribution < 1.29 is 0 Å². The van der Waals surface area contributed by atoms with Crippen molar-refractivity contribution >= 4 is 0 Å². The molecule has 1 atom stereocenters. The molecule has 1 heteroatoms. The highest BCUT2D eigenvalue weighted by Crippen LogP contribution is 2.29. The van der Waals surface area contributed by atoms with E-state index in [9.17, 15) is 0 Å². The first-order valence-electron chi connectivity index (χ1n) is 4.82. The maximum atomic E-state index is 5.69. The first-order valence-corrected chi connectivity index (χ1v) is 4.82. The minimum absolute atomic E-state index is 0.643. The van der Waals surface area contributed by atoms with Crippen molar-refractivity contribution in [1.29, 1.82) is 0 Å². The van der Waals surface area contributed by atoms with Crippen LogP contribution in [0.2, 0.25) is 0 Å². The molecule has 1 aliphatic rings. The second kappa shape index (κ2) is 4.46. The van der Waals surface area contributed by atoms with E-state index in [0.717, 1.165) is 6.54 Å². The monoisotopic (exact) mass is 165 g/mol. The van der Waals surface area contributed by atoms with E-state index in [4.69, 9.17) is 5.73 Å². The zero-order valence-corrected chi connectivity index (χ0v) is 8.14. The summed E-state index contributed by atoms with van der Waals surface area (Å²) in [5, 5.41) is 0. The van der Waals surface area contributed by atoms with Crippen LogP contribution in [0.25, 0.3) is 0 Å². The molecular formula is C11H19N. The Labute approximate surface area is 75.3 Å². The summed E-state index contributed by atoms with van der Waals surface area (Å²) >= 11 is 0. The second-order valence-electron chi connectivity index (χ2n) is 3.53. The van der Waals surface area contributed by atoms with Crippen LogP contribution < -0.4 is 5.73 Å². The van der Waals surface area contributed by atoms with Crippen LogP contribution in [-0.2, 0) is 0 Å². The quantitative estimate of drug-likeness (QED) is 0.668. The van der Waals surface area contributed by atoms with Gasteiger partial charge in [-0.25, -0.2) is 0 Å². The van der Waals surface area contributed by atoms with Gasteiger partial charge < -0.3 is 5.73 Å². The molecule has 0 fully saturated rings. The van der Waals surface area contributed by atoms with Crippen LogP contribution in [0.3, 0.4) is 0 Å². The number of allylic oxidation sites excluding steroid dienone is 3. The van der Waals surface area contributed by atoms with Gasteiger partial charge in [-0.05, 0) is 51.1 Å². The Morgan fingerprint density at radius 3 is 2.92 bits per heavy atom. The third kappa shape index (κ3) is 1.98. The van der Waals surface area contributed by atoms with Gasteiger partial charge in [0.2, 0.25) is 0 Å². The summed E-state index contributed by atoms with van der Waals surface area (Å²) in [5.41, 5.74) is 8.72. The van der Waals surface area contributed by atoms with Crippen LogP contribution in [-0.4, -0.2) is 6.54 Å². The Bertz CT molecular complexity index is 201. The molecule has 68 valence electrons. The molecule has 0 amide bonds. The van der Waals surface area contributed by atoms with Crippen LogP contribution >= 0.6 is 0 Å². The van der Waals surface area contributed by atoms with E-state index < -0.39 is 0 Å². The normalized spacial score (nSPS) is 25.4. The Balaban J connectivity index is 2.79. The maximum absolute atomic E-state index is 5.69. The minimum Gasteiger partial charge on any atom is -0.330 e. The summed E-state index contributed by atoms with van der Waals surface area (Å²) in [6, 6.07) is 0. The minimum atomic E-state index is 0.643. The number of hydrogen-bond donors (Lipinski definition) is 1. The molecule has 0 heterocycles. The zero-order valence-electron chi connectivity index (χ0n) is 8.14. The molecule has 0 spiro atoms. The molecule has 1 aliphatic carbocycles. The fourth-order valence-electron chi connectivity index (χ4n) is 1.93. The molecule has 1 nitrogen and oxygen atoms in total. The van der Waals surface area contributed by atoms with Gasteiger partial charge >= 0.3 is 0 Å². The lowest BCUT2D eigenvalue weighted by Gasteiger charge is -2.23. The predicted molar refractivity (Wildman–Crippen MR) is 53.9 cm³/mol. The van der Waals surface area contributed by atoms with E-state index in [-0.39, 0.29) is 0 Å². The standard InChI is InChI=1S/C11H19N/c1-3-5-10-6-4-7-11(8-12)9(10)2/h3,5,11H,4,6-8,12H2,1-2H3/b5-3-. The fourth-order valence-corrected chi connectivity index (χ4v) is 1.93. The largest absolute Gasteiger partial charge is 0.330 e. The lowest BCUT2D eigenvalue weighted by molar-refractivity contribution is 0.511. The van der Waals surface area contributed by atoms with Gasteiger partial charge in [-0.15, -0.1) is 0 Å². The Kier molecular flexibility index (Phi) is 3.54. The molecule has 1 unspecified atom stereocenters. The molecule has 1 rings (SSSR count). The van der Waals surface area contributed by atoms with Crippen molar-refractivity contribution in [3.63, 3.8) is 0 Å².